The average Bonchev–Trinajstić information content (AvgIpc) is 3.14. The Labute approximate surface area is 123 Å². The summed E-state index contributed by atoms with van der Waals surface area (Å²) in [5, 5.41) is 11.0. The second-order valence-corrected chi connectivity index (χ2v) is 6.29. The predicted octanol–water partition coefficient (Wildman–Crippen LogP) is 0.276. The molecule has 1 aromatic carbocycles. The van der Waals surface area contributed by atoms with E-state index in [1.807, 2.05) is 0 Å². The van der Waals surface area contributed by atoms with Crippen LogP contribution >= 0.6 is 0 Å². The Morgan fingerprint density at radius 2 is 2.00 bits per heavy atom. The third-order valence-electron chi connectivity index (χ3n) is 3.23. The number of aromatic nitrogens is 4. The monoisotopic (exact) mass is 323 g/mol. The van der Waals surface area contributed by atoms with Crippen LogP contribution in [0.4, 0.5) is 5.82 Å². The number of benzene rings is 1. The molecule has 0 saturated carbocycles. The summed E-state index contributed by atoms with van der Waals surface area (Å²) in [6, 6.07) is 3.05. The van der Waals surface area contributed by atoms with Crippen LogP contribution in [0.25, 0.3) is 11.0 Å². The van der Waals surface area contributed by atoms with Crippen molar-refractivity contribution in [1.82, 2.24) is 19.6 Å². The number of rotatable bonds is 2. The Bertz CT molecular complexity index is 986. The highest BCUT2D eigenvalue weighted by atomic mass is 32.2. The number of nitrogens with zero attached hydrogens (tertiary/aromatic N) is 4. The molecule has 3 heterocycles. The predicted molar refractivity (Wildman–Crippen MR) is 71.9 cm³/mol. The second-order valence-electron chi connectivity index (χ2n) is 4.58. The van der Waals surface area contributed by atoms with Crippen LogP contribution in [0, 0.1) is 6.92 Å². The maximum atomic E-state index is 12.7. The van der Waals surface area contributed by atoms with E-state index < -0.39 is 10.0 Å². The van der Waals surface area contributed by atoms with Gasteiger partial charge in [0.05, 0.1) is 0 Å². The van der Waals surface area contributed by atoms with E-state index in [1.54, 1.807) is 6.07 Å². The largest absolute Gasteiger partial charge is 0.454 e. The van der Waals surface area contributed by atoms with E-state index in [0.29, 0.717) is 17.0 Å². The number of anilines is 1. The molecule has 0 unspecified atom stereocenters. The Morgan fingerprint density at radius 3 is 2.68 bits per heavy atom. The van der Waals surface area contributed by atoms with Crippen molar-refractivity contribution in [2.45, 2.75) is 11.8 Å². The van der Waals surface area contributed by atoms with Gasteiger partial charge in [-0.15, -0.1) is 9.19 Å². The first-order chi connectivity index (χ1) is 10.5. The van der Waals surface area contributed by atoms with E-state index in [2.05, 4.69) is 15.5 Å². The van der Waals surface area contributed by atoms with Gasteiger partial charge in [-0.2, -0.15) is 8.42 Å². The van der Waals surface area contributed by atoms with Crippen LogP contribution < -0.4 is 15.2 Å². The first-order valence-electron chi connectivity index (χ1n) is 6.11. The molecule has 0 atom stereocenters. The minimum absolute atomic E-state index is 0.0693. The molecule has 3 aromatic rings. The van der Waals surface area contributed by atoms with Crippen LogP contribution in [-0.4, -0.2) is 34.8 Å². The van der Waals surface area contributed by atoms with Gasteiger partial charge in [-0.3, -0.25) is 0 Å². The van der Waals surface area contributed by atoms with Gasteiger partial charge in [0, 0.05) is 12.1 Å². The molecule has 4 rings (SSSR count). The number of hydrogen-bond donors (Lipinski definition) is 1. The summed E-state index contributed by atoms with van der Waals surface area (Å²) in [6.45, 7) is 1.52. The van der Waals surface area contributed by atoms with Gasteiger partial charge in [0.15, 0.2) is 28.0 Å². The number of aryl methyl sites for hydroxylation is 1. The van der Waals surface area contributed by atoms with E-state index >= 15 is 0 Å². The van der Waals surface area contributed by atoms with Crippen molar-refractivity contribution < 1.29 is 22.4 Å². The second kappa shape index (κ2) is 4.10. The summed E-state index contributed by atoms with van der Waals surface area (Å²) in [7, 11) is -4.09. The van der Waals surface area contributed by atoms with Crippen LogP contribution in [-0.2, 0) is 10.0 Å². The molecule has 2 N–H and O–H groups in total. The third-order valence-corrected chi connectivity index (χ3v) is 4.97. The van der Waals surface area contributed by atoms with E-state index in [-0.39, 0.29) is 28.8 Å². The summed E-state index contributed by atoms with van der Waals surface area (Å²) in [6.07, 6.45) is 0. The lowest BCUT2D eigenvalue weighted by atomic mass is 10.3. The van der Waals surface area contributed by atoms with Crippen LogP contribution in [0.5, 0.6) is 11.5 Å². The van der Waals surface area contributed by atoms with Crippen LogP contribution in [0.3, 0.4) is 0 Å². The highest BCUT2D eigenvalue weighted by Gasteiger charge is 2.30. The first-order valence-corrected chi connectivity index (χ1v) is 7.55. The highest BCUT2D eigenvalue weighted by Crippen LogP contribution is 2.36. The van der Waals surface area contributed by atoms with E-state index in [0.717, 1.165) is 4.09 Å². The van der Waals surface area contributed by atoms with Crippen molar-refractivity contribution >= 4 is 26.9 Å². The first kappa shape index (κ1) is 12.9. The van der Waals surface area contributed by atoms with Gasteiger partial charge < -0.3 is 19.7 Å². The summed E-state index contributed by atoms with van der Waals surface area (Å²) < 4.78 is 41.5. The van der Waals surface area contributed by atoms with Crippen molar-refractivity contribution in [2.24, 2.45) is 0 Å². The minimum Gasteiger partial charge on any atom is -0.454 e. The quantitative estimate of drug-likeness (QED) is 0.704. The lowest BCUT2D eigenvalue weighted by Crippen LogP contribution is -2.16. The highest BCUT2D eigenvalue weighted by molar-refractivity contribution is 7.90. The molecule has 1 aliphatic heterocycles. The molecular weight excluding hydrogens is 314 g/mol. The van der Waals surface area contributed by atoms with Gasteiger partial charge >= 0.3 is 0 Å². The molecule has 0 radical (unpaired) electrons. The average molecular weight is 323 g/mol. The van der Waals surface area contributed by atoms with Gasteiger partial charge in [-0.25, -0.2) is 0 Å². The van der Waals surface area contributed by atoms with Gasteiger partial charge in [0.2, 0.25) is 6.79 Å². The maximum absolute atomic E-state index is 12.7. The smallest absolute Gasteiger partial charge is 0.292 e. The van der Waals surface area contributed by atoms with Crippen molar-refractivity contribution in [3.63, 3.8) is 0 Å². The Morgan fingerprint density at radius 1 is 1.27 bits per heavy atom. The van der Waals surface area contributed by atoms with E-state index in [1.165, 1.54) is 13.0 Å². The fourth-order valence-electron chi connectivity index (χ4n) is 2.25. The van der Waals surface area contributed by atoms with Crippen molar-refractivity contribution in [1.29, 1.82) is 0 Å². The van der Waals surface area contributed by atoms with E-state index in [9.17, 15) is 8.42 Å². The molecule has 0 bridgehead atoms. The molecule has 114 valence electrons. The summed E-state index contributed by atoms with van der Waals surface area (Å²) in [4.78, 5) is -0.239. The Kier molecular flexibility index (Phi) is 2.40. The SMILES string of the molecule is Cc1onc(N)c1S(=O)(=O)n1nnc2cc3c(cc21)OCO3. The van der Waals surface area contributed by atoms with Crippen molar-refractivity contribution in [3.05, 3.63) is 17.9 Å². The molecule has 1 aliphatic rings. The molecule has 11 heteroatoms. The fraction of sp³-hybridized carbons (Fsp3) is 0.182. The van der Waals surface area contributed by atoms with Crippen LogP contribution in [0.15, 0.2) is 21.6 Å². The zero-order chi connectivity index (χ0) is 15.5. The summed E-state index contributed by atoms with van der Waals surface area (Å²) in [5.74, 6) is 0.739. The standard InChI is InChI=1S/C11H9N5O5S/c1-5-10(11(12)14-21-5)22(17,18)16-7-3-9-8(19-4-20-9)2-6(7)13-15-16/h2-3H,4H2,1H3,(H2,12,14). The fourth-order valence-corrected chi connectivity index (χ4v) is 3.66. The molecule has 10 nitrogen and oxygen atoms in total. The molecule has 0 spiro atoms. The van der Waals surface area contributed by atoms with Crippen LogP contribution in [0.2, 0.25) is 0 Å². The normalized spacial score (nSPS) is 13.9. The number of nitrogens with two attached hydrogens (primary N) is 1. The number of ether oxygens (including phenoxy) is 2. The third kappa shape index (κ3) is 1.59. The molecule has 0 saturated heterocycles. The molecule has 22 heavy (non-hydrogen) atoms. The summed E-state index contributed by atoms with van der Waals surface area (Å²) >= 11 is 0. The Balaban J connectivity index is 1.98. The van der Waals surface area contributed by atoms with Gasteiger partial charge in [0.25, 0.3) is 10.0 Å². The zero-order valence-electron chi connectivity index (χ0n) is 11.2. The molecule has 2 aromatic heterocycles. The lowest BCUT2D eigenvalue weighted by molar-refractivity contribution is 0.174. The topological polar surface area (TPSA) is 135 Å². The molecule has 0 fully saturated rings. The molecule has 0 aliphatic carbocycles. The number of hydrogen-bond acceptors (Lipinski definition) is 9. The molecular formula is C11H9N5O5S. The minimum atomic E-state index is -4.09. The number of nitrogen functional groups attached to an aromatic ring is 1. The zero-order valence-corrected chi connectivity index (χ0v) is 12.0. The van der Waals surface area contributed by atoms with Crippen molar-refractivity contribution in [3.8, 4) is 11.5 Å². The molecule has 0 amide bonds. The Hall–Kier alpha value is -2.82. The summed E-state index contributed by atoms with van der Waals surface area (Å²) in [5.41, 5.74) is 6.17. The van der Waals surface area contributed by atoms with Crippen LogP contribution in [0.1, 0.15) is 5.76 Å². The maximum Gasteiger partial charge on any atom is 0.292 e. The van der Waals surface area contributed by atoms with Crippen molar-refractivity contribution in [2.75, 3.05) is 12.5 Å². The lowest BCUT2D eigenvalue weighted by Gasteiger charge is -2.04. The van der Waals surface area contributed by atoms with Gasteiger partial charge in [0.1, 0.15) is 11.0 Å². The van der Waals surface area contributed by atoms with Gasteiger partial charge in [-0.05, 0) is 6.92 Å². The van der Waals surface area contributed by atoms with Gasteiger partial charge in [-0.1, -0.05) is 10.4 Å². The number of fused-ring (bicyclic) bond motifs is 2. The van der Waals surface area contributed by atoms with E-state index in [4.69, 9.17) is 19.7 Å².